The van der Waals surface area contributed by atoms with Crippen molar-refractivity contribution in [3.8, 4) is 0 Å². The summed E-state index contributed by atoms with van der Waals surface area (Å²) in [6.07, 6.45) is 5.15. The van der Waals surface area contributed by atoms with Crippen LogP contribution < -0.4 is 0 Å². The first kappa shape index (κ1) is 20.2. The van der Waals surface area contributed by atoms with Crippen LogP contribution >= 0.6 is 0 Å². The zero-order valence-electron chi connectivity index (χ0n) is 11.8. The second-order valence-corrected chi connectivity index (χ2v) is 4.48. The Hall–Kier alpha value is -1.12. The minimum absolute atomic E-state index is 0. The van der Waals surface area contributed by atoms with Crippen LogP contribution in [-0.4, -0.2) is 25.4 Å². The summed E-state index contributed by atoms with van der Waals surface area (Å²) >= 11 is 0. The van der Waals surface area contributed by atoms with Crippen LogP contribution in [0.1, 0.15) is 34.1 Å². The van der Waals surface area contributed by atoms with Crippen molar-refractivity contribution in [3.63, 3.8) is 0 Å². The van der Waals surface area contributed by atoms with Crippen LogP contribution in [0.2, 0.25) is 0 Å². The molecule has 2 atom stereocenters. The molecule has 0 unspecified atom stereocenters. The molecule has 0 aromatic heterocycles. The van der Waals surface area contributed by atoms with Crippen LogP contribution in [0.15, 0.2) is 49.6 Å². The third kappa shape index (κ3) is 9.46. The predicted octanol–water partition coefficient (Wildman–Crippen LogP) is 4.70. The zero-order chi connectivity index (χ0) is 14.0. The Bertz CT molecular complexity index is 292. The molecule has 0 aromatic carbocycles. The van der Waals surface area contributed by atoms with Gasteiger partial charge >= 0.3 is 0 Å². The highest BCUT2D eigenvalue weighted by molar-refractivity contribution is 5.05. The first-order chi connectivity index (χ1) is 8.52. The maximum Gasteiger partial charge on any atom is 0.0811 e. The van der Waals surface area contributed by atoms with Gasteiger partial charge in [-0.1, -0.05) is 43.9 Å². The summed E-state index contributed by atoms with van der Waals surface area (Å²) in [7, 11) is 0. The van der Waals surface area contributed by atoms with Crippen LogP contribution in [0.4, 0.5) is 0 Å². The fourth-order valence-electron chi connectivity index (χ4n) is 1.50. The van der Waals surface area contributed by atoms with Gasteiger partial charge in [0, 0.05) is 6.42 Å². The number of rotatable bonds is 11. The number of hydrogen-bond donors (Lipinski definition) is 0. The van der Waals surface area contributed by atoms with Gasteiger partial charge in [-0.05, 0) is 20.3 Å². The second kappa shape index (κ2) is 11.9. The number of ether oxygens (including phenoxy) is 2. The van der Waals surface area contributed by atoms with E-state index >= 15 is 0 Å². The van der Waals surface area contributed by atoms with E-state index in [1.807, 2.05) is 19.9 Å². The molecular weight excluding hydrogens is 236 g/mol. The summed E-state index contributed by atoms with van der Waals surface area (Å²) in [6.45, 7) is 20.4. The van der Waals surface area contributed by atoms with Gasteiger partial charge in [0.15, 0.2) is 0 Å². The summed E-state index contributed by atoms with van der Waals surface area (Å²) in [4.78, 5) is 0. The summed E-state index contributed by atoms with van der Waals surface area (Å²) < 4.78 is 11.5. The molecule has 2 heteroatoms. The van der Waals surface area contributed by atoms with Gasteiger partial charge in [-0.2, -0.15) is 0 Å². The quantitative estimate of drug-likeness (QED) is 0.399. The van der Waals surface area contributed by atoms with Crippen molar-refractivity contribution in [1.82, 2.24) is 0 Å². The Kier molecular flexibility index (Phi) is 12.7. The summed E-state index contributed by atoms with van der Waals surface area (Å²) in [5, 5.41) is 0. The Morgan fingerprint density at radius 2 is 1.53 bits per heavy atom. The first-order valence-electron chi connectivity index (χ1n) is 6.28. The van der Waals surface area contributed by atoms with E-state index in [0.29, 0.717) is 13.2 Å². The van der Waals surface area contributed by atoms with E-state index in [-0.39, 0.29) is 19.6 Å². The van der Waals surface area contributed by atoms with Crippen LogP contribution in [0.3, 0.4) is 0 Å². The fraction of sp³-hybridized carbons (Fsp3) is 0.529. The first-order valence-corrected chi connectivity index (χ1v) is 6.28. The fourth-order valence-corrected chi connectivity index (χ4v) is 1.50. The van der Waals surface area contributed by atoms with Crippen molar-refractivity contribution in [2.45, 2.75) is 46.3 Å². The monoisotopic (exact) mass is 266 g/mol. The summed E-state index contributed by atoms with van der Waals surface area (Å²) in [5.41, 5.74) is 2.00. The zero-order valence-corrected chi connectivity index (χ0v) is 11.8. The topological polar surface area (TPSA) is 18.5 Å². The molecule has 0 radical (unpaired) electrons. The molecular formula is C17H30O2. The Balaban J connectivity index is 0. The van der Waals surface area contributed by atoms with Gasteiger partial charge in [0.05, 0.1) is 25.4 Å². The van der Waals surface area contributed by atoms with Crippen LogP contribution in [-0.2, 0) is 9.47 Å². The molecule has 0 saturated carbocycles. The molecule has 2 nitrogen and oxygen atoms in total. The van der Waals surface area contributed by atoms with E-state index in [0.717, 1.165) is 24.0 Å². The van der Waals surface area contributed by atoms with Gasteiger partial charge < -0.3 is 9.47 Å². The van der Waals surface area contributed by atoms with Crippen LogP contribution in [0, 0.1) is 0 Å². The molecule has 0 spiro atoms. The lowest BCUT2D eigenvalue weighted by Gasteiger charge is -2.24. The summed E-state index contributed by atoms with van der Waals surface area (Å²) in [5.74, 6) is 0. The van der Waals surface area contributed by atoms with Crippen LogP contribution in [0.5, 0.6) is 0 Å². The normalized spacial score (nSPS) is 12.9. The third-order valence-electron chi connectivity index (χ3n) is 2.58. The van der Waals surface area contributed by atoms with Crippen LogP contribution in [0.25, 0.3) is 0 Å². The molecule has 0 bridgehead atoms. The molecule has 0 aliphatic carbocycles. The van der Waals surface area contributed by atoms with E-state index in [2.05, 4.69) is 26.3 Å². The second-order valence-electron chi connectivity index (χ2n) is 4.48. The number of hydrogen-bond acceptors (Lipinski definition) is 2. The molecule has 0 rings (SSSR count). The third-order valence-corrected chi connectivity index (χ3v) is 2.58. The van der Waals surface area contributed by atoms with E-state index in [1.165, 1.54) is 0 Å². The van der Waals surface area contributed by atoms with Gasteiger partial charge in [0.1, 0.15) is 0 Å². The molecule has 0 amide bonds. The SMILES string of the molecule is C.C=CCCO[C@@H](C[C@@H](OCC=C)C(=C)C)C(=C)C. The van der Waals surface area contributed by atoms with Crippen molar-refractivity contribution >= 4 is 0 Å². The van der Waals surface area contributed by atoms with Crippen molar-refractivity contribution in [3.05, 3.63) is 49.6 Å². The van der Waals surface area contributed by atoms with Gasteiger partial charge in [-0.25, -0.2) is 0 Å². The minimum Gasteiger partial charge on any atom is -0.373 e. The molecule has 0 aliphatic rings. The largest absolute Gasteiger partial charge is 0.373 e. The lowest BCUT2D eigenvalue weighted by Crippen LogP contribution is -2.25. The molecule has 0 saturated heterocycles. The highest BCUT2D eigenvalue weighted by Gasteiger charge is 2.18. The van der Waals surface area contributed by atoms with E-state index in [4.69, 9.17) is 9.47 Å². The molecule has 0 heterocycles. The van der Waals surface area contributed by atoms with E-state index in [1.54, 1.807) is 6.08 Å². The maximum atomic E-state index is 5.79. The smallest absolute Gasteiger partial charge is 0.0811 e. The van der Waals surface area contributed by atoms with Crippen molar-refractivity contribution in [1.29, 1.82) is 0 Å². The maximum absolute atomic E-state index is 5.79. The Morgan fingerprint density at radius 3 is 1.95 bits per heavy atom. The van der Waals surface area contributed by atoms with Crippen molar-refractivity contribution in [2.24, 2.45) is 0 Å². The highest BCUT2D eigenvalue weighted by Crippen LogP contribution is 2.18. The molecule has 0 N–H and O–H groups in total. The van der Waals surface area contributed by atoms with E-state index < -0.39 is 0 Å². The molecule has 0 aromatic rings. The van der Waals surface area contributed by atoms with Crippen molar-refractivity contribution < 1.29 is 9.47 Å². The van der Waals surface area contributed by atoms with Gasteiger partial charge in [0.25, 0.3) is 0 Å². The molecule has 0 fully saturated rings. The molecule has 0 aliphatic heterocycles. The lowest BCUT2D eigenvalue weighted by atomic mass is 10.0. The van der Waals surface area contributed by atoms with Gasteiger partial charge in [-0.15, -0.1) is 13.2 Å². The van der Waals surface area contributed by atoms with Gasteiger partial charge in [-0.3, -0.25) is 0 Å². The average molecular weight is 266 g/mol. The highest BCUT2D eigenvalue weighted by atomic mass is 16.5. The lowest BCUT2D eigenvalue weighted by molar-refractivity contribution is 0.0212. The standard InChI is InChI=1S/C16H26O2.CH4/c1-7-9-11-18-16(14(5)6)12-15(13(3)4)17-10-8-2;/h7-8,15-16H,1-3,5,9-12H2,4,6H3;1H4/t15-,16+;/m1./s1. The summed E-state index contributed by atoms with van der Waals surface area (Å²) in [6, 6.07) is 0. The minimum atomic E-state index is -0.0200. The Labute approximate surface area is 119 Å². The van der Waals surface area contributed by atoms with Crippen molar-refractivity contribution in [2.75, 3.05) is 13.2 Å². The average Bonchev–Trinajstić information content (AvgIpc) is 2.31. The Morgan fingerprint density at radius 1 is 1.00 bits per heavy atom. The van der Waals surface area contributed by atoms with E-state index in [9.17, 15) is 0 Å². The molecule has 19 heavy (non-hydrogen) atoms. The van der Waals surface area contributed by atoms with Gasteiger partial charge in [0.2, 0.25) is 0 Å². The predicted molar refractivity (Wildman–Crippen MR) is 85.5 cm³/mol. The molecule has 110 valence electrons.